The number of benzene rings is 1. The van der Waals surface area contributed by atoms with Crippen molar-refractivity contribution in [1.82, 2.24) is 0 Å². The summed E-state index contributed by atoms with van der Waals surface area (Å²) in [5, 5.41) is 0.621. The Hall–Kier alpha value is -0.990. The van der Waals surface area contributed by atoms with Crippen molar-refractivity contribution in [2.75, 3.05) is 7.11 Å². The molecule has 0 fully saturated rings. The van der Waals surface area contributed by atoms with Gasteiger partial charge in [-0.1, -0.05) is 29.8 Å². The van der Waals surface area contributed by atoms with E-state index < -0.39 is 0 Å². The maximum atomic E-state index is 11.2. The Morgan fingerprint density at radius 3 is 2.29 bits per heavy atom. The summed E-state index contributed by atoms with van der Waals surface area (Å²) in [5.74, 6) is 0.144. The van der Waals surface area contributed by atoms with Crippen LogP contribution >= 0.6 is 23.2 Å². The van der Waals surface area contributed by atoms with E-state index in [2.05, 4.69) is 6.58 Å². The van der Waals surface area contributed by atoms with Crippen LogP contribution < -0.4 is 4.74 Å². The van der Waals surface area contributed by atoms with Crippen LogP contribution in [0, 0.1) is 0 Å². The van der Waals surface area contributed by atoms with Crippen LogP contribution in [0.1, 0.15) is 10.4 Å². The van der Waals surface area contributed by atoms with Gasteiger partial charge in [0, 0.05) is 5.56 Å². The second-order valence-corrected chi connectivity index (χ2v) is 3.36. The predicted molar refractivity (Wildman–Crippen MR) is 57.5 cm³/mol. The number of methoxy groups -OCH3 is 1. The first-order valence-corrected chi connectivity index (χ1v) is 4.55. The lowest BCUT2D eigenvalue weighted by Crippen LogP contribution is -1.95. The second-order valence-electron chi connectivity index (χ2n) is 2.54. The van der Waals surface area contributed by atoms with Crippen molar-refractivity contribution in [3.63, 3.8) is 0 Å². The highest BCUT2D eigenvalue weighted by atomic mass is 35.5. The molecule has 0 aliphatic heterocycles. The van der Waals surface area contributed by atoms with E-state index in [-0.39, 0.29) is 5.78 Å². The highest BCUT2D eigenvalue weighted by molar-refractivity contribution is 6.37. The summed E-state index contributed by atoms with van der Waals surface area (Å²) < 4.78 is 4.94. The number of allylic oxidation sites excluding steroid dienone is 1. The highest BCUT2D eigenvalue weighted by Crippen LogP contribution is 2.33. The summed E-state index contributed by atoms with van der Waals surface area (Å²) in [6, 6.07) is 2.99. The third-order valence-corrected chi connectivity index (χ3v) is 2.23. The first-order valence-electron chi connectivity index (χ1n) is 3.80. The molecular weight excluding hydrogens is 223 g/mol. The number of hydrogen-bond acceptors (Lipinski definition) is 2. The van der Waals surface area contributed by atoms with Gasteiger partial charge in [-0.2, -0.15) is 0 Å². The first-order chi connectivity index (χ1) is 6.60. The third-order valence-electron chi connectivity index (χ3n) is 1.67. The molecule has 0 heterocycles. The number of halogens is 2. The molecule has 0 bridgehead atoms. The molecule has 2 nitrogen and oxygen atoms in total. The van der Waals surface area contributed by atoms with Crippen LogP contribution in [-0.4, -0.2) is 12.9 Å². The smallest absolute Gasteiger partial charge is 0.185 e. The fraction of sp³-hybridized carbons (Fsp3) is 0.100. The van der Waals surface area contributed by atoms with Gasteiger partial charge in [0.15, 0.2) is 11.5 Å². The van der Waals surface area contributed by atoms with Crippen molar-refractivity contribution < 1.29 is 9.53 Å². The fourth-order valence-corrected chi connectivity index (χ4v) is 1.66. The van der Waals surface area contributed by atoms with Crippen LogP contribution in [0.15, 0.2) is 24.8 Å². The Labute approximate surface area is 92.1 Å². The summed E-state index contributed by atoms with van der Waals surface area (Å²) in [6.45, 7) is 3.37. The van der Waals surface area contributed by atoms with Gasteiger partial charge in [-0.3, -0.25) is 4.79 Å². The van der Waals surface area contributed by atoms with Gasteiger partial charge in [0.1, 0.15) is 0 Å². The van der Waals surface area contributed by atoms with E-state index in [1.165, 1.54) is 25.3 Å². The number of rotatable bonds is 3. The van der Waals surface area contributed by atoms with Gasteiger partial charge in [0.05, 0.1) is 17.2 Å². The zero-order valence-electron chi connectivity index (χ0n) is 7.51. The van der Waals surface area contributed by atoms with Gasteiger partial charge >= 0.3 is 0 Å². The van der Waals surface area contributed by atoms with E-state index in [4.69, 9.17) is 27.9 Å². The predicted octanol–water partition coefficient (Wildman–Crippen LogP) is 3.37. The second kappa shape index (κ2) is 4.49. The lowest BCUT2D eigenvalue weighted by Gasteiger charge is -2.06. The van der Waals surface area contributed by atoms with Crippen LogP contribution in [0.4, 0.5) is 0 Å². The number of carbonyl (C=O) groups is 1. The Balaban J connectivity index is 3.27. The molecule has 0 spiro atoms. The van der Waals surface area contributed by atoms with E-state index in [1.807, 2.05) is 0 Å². The van der Waals surface area contributed by atoms with Gasteiger partial charge < -0.3 is 4.74 Å². The number of ketones is 1. The molecule has 1 aromatic carbocycles. The Morgan fingerprint density at radius 2 is 1.93 bits per heavy atom. The zero-order chi connectivity index (χ0) is 10.7. The van der Waals surface area contributed by atoms with Crippen molar-refractivity contribution in [3.05, 3.63) is 40.4 Å². The molecule has 0 amide bonds. The minimum Gasteiger partial charge on any atom is -0.494 e. The molecule has 0 radical (unpaired) electrons. The monoisotopic (exact) mass is 230 g/mol. The molecule has 0 unspecified atom stereocenters. The zero-order valence-corrected chi connectivity index (χ0v) is 9.02. The average molecular weight is 231 g/mol. The molecule has 1 aromatic rings. The highest BCUT2D eigenvalue weighted by Gasteiger charge is 2.11. The van der Waals surface area contributed by atoms with E-state index in [0.717, 1.165) is 0 Å². The standard InChI is InChI=1S/C10H8Cl2O2/c1-3-9(13)6-4-7(11)10(14-2)8(12)5-6/h3-5H,1H2,2H3. The molecule has 74 valence electrons. The lowest BCUT2D eigenvalue weighted by molar-refractivity contribution is 0.104. The minimum absolute atomic E-state index is 0.226. The molecule has 0 aliphatic carbocycles. The van der Waals surface area contributed by atoms with Crippen molar-refractivity contribution >= 4 is 29.0 Å². The summed E-state index contributed by atoms with van der Waals surface area (Å²) in [5.41, 5.74) is 0.399. The third kappa shape index (κ3) is 2.08. The van der Waals surface area contributed by atoms with E-state index in [0.29, 0.717) is 21.4 Å². The quantitative estimate of drug-likeness (QED) is 0.588. The largest absolute Gasteiger partial charge is 0.494 e. The first kappa shape index (κ1) is 11.1. The molecule has 4 heteroatoms. The maximum Gasteiger partial charge on any atom is 0.185 e. The van der Waals surface area contributed by atoms with Crippen LogP contribution in [0.2, 0.25) is 10.0 Å². The van der Waals surface area contributed by atoms with Crippen molar-refractivity contribution in [2.45, 2.75) is 0 Å². The van der Waals surface area contributed by atoms with Crippen molar-refractivity contribution in [2.24, 2.45) is 0 Å². The molecule has 14 heavy (non-hydrogen) atoms. The van der Waals surface area contributed by atoms with Crippen LogP contribution in [0.3, 0.4) is 0 Å². The van der Waals surface area contributed by atoms with Gasteiger partial charge in [-0.25, -0.2) is 0 Å². The summed E-state index contributed by atoms with van der Waals surface area (Å²) in [4.78, 5) is 11.2. The Bertz CT molecular complexity index is 363. The number of carbonyl (C=O) groups excluding carboxylic acids is 1. The topological polar surface area (TPSA) is 26.3 Å². The summed E-state index contributed by atoms with van der Waals surface area (Å²) in [6.07, 6.45) is 1.20. The van der Waals surface area contributed by atoms with Crippen LogP contribution in [0.25, 0.3) is 0 Å². The molecule has 0 aliphatic rings. The van der Waals surface area contributed by atoms with E-state index in [1.54, 1.807) is 0 Å². The van der Waals surface area contributed by atoms with E-state index >= 15 is 0 Å². The van der Waals surface area contributed by atoms with Gasteiger partial charge in [-0.15, -0.1) is 0 Å². The number of ether oxygens (including phenoxy) is 1. The molecular formula is C10H8Cl2O2. The fourth-order valence-electron chi connectivity index (χ4n) is 1.02. The SMILES string of the molecule is C=CC(=O)c1cc(Cl)c(OC)c(Cl)c1. The molecule has 0 saturated carbocycles. The van der Waals surface area contributed by atoms with E-state index in [9.17, 15) is 4.79 Å². The maximum absolute atomic E-state index is 11.2. The molecule has 0 saturated heterocycles. The number of hydrogen-bond donors (Lipinski definition) is 0. The summed E-state index contributed by atoms with van der Waals surface area (Å²) in [7, 11) is 1.46. The van der Waals surface area contributed by atoms with Gasteiger partial charge in [0.25, 0.3) is 0 Å². The van der Waals surface area contributed by atoms with Gasteiger partial charge in [0.2, 0.25) is 0 Å². The Kier molecular flexibility index (Phi) is 3.55. The molecule has 1 rings (SSSR count). The molecule has 0 atom stereocenters. The van der Waals surface area contributed by atoms with Crippen LogP contribution in [0.5, 0.6) is 5.75 Å². The molecule has 0 N–H and O–H groups in total. The van der Waals surface area contributed by atoms with Crippen molar-refractivity contribution in [3.8, 4) is 5.75 Å². The molecule has 0 aromatic heterocycles. The summed E-state index contributed by atoms with van der Waals surface area (Å²) >= 11 is 11.7. The average Bonchev–Trinajstić information content (AvgIpc) is 2.16. The lowest BCUT2D eigenvalue weighted by atomic mass is 10.1. The Morgan fingerprint density at radius 1 is 1.43 bits per heavy atom. The normalized spacial score (nSPS) is 9.64. The van der Waals surface area contributed by atoms with Crippen molar-refractivity contribution in [1.29, 1.82) is 0 Å². The minimum atomic E-state index is -0.226. The van der Waals surface area contributed by atoms with Gasteiger partial charge in [-0.05, 0) is 18.2 Å². The van der Waals surface area contributed by atoms with Crippen LogP contribution in [-0.2, 0) is 0 Å².